The fourth-order valence-electron chi connectivity index (χ4n) is 4.31. The zero-order valence-corrected chi connectivity index (χ0v) is 19.1. The predicted octanol–water partition coefficient (Wildman–Crippen LogP) is 4.86. The molecular weight excluding hydrogens is 432 g/mol. The van der Waals surface area contributed by atoms with Crippen molar-refractivity contribution in [3.05, 3.63) is 108 Å². The van der Waals surface area contributed by atoms with Crippen LogP contribution in [0.1, 0.15) is 21.5 Å². The monoisotopic (exact) mass is 456 g/mol. The SMILES string of the molecule is CN(C(=O)c1cccc(S(=O)(=O)N2CCc3ccccc3C2)c1)c1ccc2ccccc2c1. The van der Waals surface area contributed by atoms with E-state index in [1.54, 1.807) is 30.1 Å². The van der Waals surface area contributed by atoms with Crippen LogP contribution in [0, 0.1) is 0 Å². The summed E-state index contributed by atoms with van der Waals surface area (Å²) in [5, 5.41) is 2.13. The lowest BCUT2D eigenvalue weighted by Crippen LogP contribution is -2.36. The fraction of sp³-hybridized carbons (Fsp3) is 0.148. The third kappa shape index (κ3) is 4.03. The molecule has 166 valence electrons. The van der Waals surface area contributed by atoms with Crippen LogP contribution in [0.5, 0.6) is 0 Å². The van der Waals surface area contributed by atoms with E-state index in [9.17, 15) is 13.2 Å². The zero-order chi connectivity index (χ0) is 23.0. The molecule has 0 atom stereocenters. The number of anilines is 1. The van der Waals surface area contributed by atoms with Crippen molar-refractivity contribution < 1.29 is 13.2 Å². The summed E-state index contributed by atoms with van der Waals surface area (Å²) in [7, 11) is -2.01. The van der Waals surface area contributed by atoms with Crippen molar-refractivity contribution >= 4 is 32.4 Å². The van der Waals surface area contributed by atoms with Crippen molar-refractivity contribution in [1.29, 1.82) is 0 Å². The van der Waals surface area contributed by atoms with Crippen LogP contribution < -0.4 is 4.90 Å². The van der Waals surface area contributed by atoms with Crippen LogP contribution in [-0.2, 0) is 23.0 Å². The van der Waals surface area contributed by atoms with Crippen molar-refractivity contribution in [2.24, 2.45) is 0 Å². The maximum absolute atomic E-state index is 13.4. The molecule has 0 fully saturated rings. The molecule has 0 spiro atoms. The van der Waals surface area contributed by atoms with Gasteiger partial charge in [-0.2, -0.15) is 4.31 Å². The lowest BCUT2D eigenvalue weighted by molar-refractivity contribution is 0.0993. The van der Waals surface area contributed by atoms with E-state index < -0.39 is 10.0 Å². The van der Waals surface area contributed by atoms with Gasteiger partial charge < -0.3 is 4.90 Å². The summed E-state index contributed by atoms with van der Waals surface area (Å²) < 4.78 is 28.2. The van der Waals surface area contributed by atoms with E-state index in [0.29, 0.717) is 25.1 Å². The number of benzene rings is 4. The molecule has 4 aromatic rings. The molecule has 5 rings (SSSR count). The van der Waals surface area contributed by atoms with E-state index >= 15 is 0 Å². The van der Waals surface area contributed by atoms with Gasteiger partial charge in [0.25, 0.3) is 5.91 Å². The lowest BCUT2D eigenvalue weighted by atomic mass is 10.0. The van der Waals surface area contributed by atoms with Gasteiger partial charge in [-0.25, -0.2) is 8.42 Å². The Morgan fingerprint density at radius 3 is 2.36 bits per heavy atom. The number of fused-ring (bicyclic) bond motifs is 2. The number of nitrogens with zero attached hydrogens (tertiary/aromatic N) is 2. The number of carbonyl (C=O) groups is 1. The summed E-state index contributed by atoms with van der Waals surface area (Å²) in [5.41, 5.74) is 3.30. The number of carbonyl (C=O) groups excluding carboxylic acids is 1. The van der Waals surface area contributed by atoms with Crippen LogP contribution >= 0.6 is 0 Å². The number of hydrogen-bond donors (Lipinski definition) is 0. The lowest BCUT2D eigenvalue weighted by Gasteiger charge is -2.28. The molecule has 0 aromatic heterocycles. The van der Waals surface area contributed by atoms with Crippen molar-refractivity contribution in [3.63, 3.8) is 0 Å². The van der Waals surface area contributed by atoms with Crippen LogP contribution in [-0.4, -0.2) is 32.2 Å². The number of sulfonamides is 1. The topological polar surface area (TPSA) is 57.7 Å². The van der Waals surface area contributed by atoms with Crippen LogP contribution in [0.3, 0.4) is 0 Å². The summed E-state index contributed by atoms with van der Waals surface area (Å²) in [4.78, 5) is 14.9. The highest BCUT2D eigenvalue weighted by molar-refractivity contribution is 7.89. The highest BCUT2D eigenvalue weighted by Gasteiger charge is 2.29. The molecule has 1 aliphatic rings. The Labute approximate surface area is 193 Å². The largest absolute Gasteiger partial charge is 0.311 e. The van der Waals surface area contributed by atoms with Gasteiger partial charge in [0.05, 0.1) is 4.90 Å². The Hall–Kier alpha value is -3.48. The molecule has 1 heterocycles. The molecule has 0 bridgehead atoms. The molecule has 0 unspecified atom stereocenters. The van der Waals surface area contributed by atoms with Gasteiger partial charge in [0.2, 0.25) is 10.0 Å². The number of amides is 1. The van der Waals surface area contributed by atoms with E-state index in [4.69, 9.17) is 0 Å². The normalized spacial score (nSPS) is 14.1. The maximum Gasteiger partial charge on any atom is 0.258 e. The Balaban J connectivity index is 1.41. The van der Waals surface area contributed by atoms with Gasteiger partial charge in [0.1, 0.15) is 0 Å². The van der Waals surface area contributed by atoms with Gasteiger partial charge in [0.15, 0.2) is 0 Å². The average molecular weight is 457 g/mol. The summed E-state index contributed by atoms with van der Waals surface area (Å²) >= 11 is 0. The smallest absolute Gasteiger partial charge is 0.258 e. The Bertz CT molecular complexity index is 1460. The third-order valence-electron chi connectivity index (χ3n) is 6.24. The minimum atomic E-state index is -3.72. The Morgan fingerprint density at radius 2 is 1.55 bits per heavy atom. The highest BCUT2D eigenvalue weighted by Crippen LogP contribution is 2.27. The number of rotatable bonds is 4. The predicted molar refractivity (Wildman–Crippen MR) is 131 cm³/mol. The molecule has 4 aromatic carbocycles. The standard InChI is InChI=1S/C27H24N2O3S/c1-28(25-14-13-20-7-2-4-9-22(20)17-25)27(30)23-11-6-12-26(18-23)33(31,32)29-16-15-21-8-3-5-10-24(21)19-29/h2-14,17-18H,15-16,19H2,1H3. The molecule has 0 saturated heterocycles. The van der Waals surface area contributed by atoms with E-state index in [1.165, 1.54) is 15.9 Å². The summed E-state index contributed by atoms with van der Waals surface area (Å²) in [5.74, 6) is -0.258. The molecule has 1 amide bonds. The van der Waals surface area contributed by atoms with Crippen molar-refractivity contribution in [1.82, 2.24) is 4.31 Å². The zero-order valence-electron chi connectivity index (χ0n) is 18.3. The van der Waals surface area contributed by atoms with Gasteiger partial charge in [-0.15, -0.1) is 0 Å². The Morgan fingerprint density at radius 1 is 0.818 bits per heavy atom. The second-order valence-electron chi connectivity index (χ2n) is 8.28. The molecule has 6 heteroatoms. The first kappa shape index (κ1) is 21.4. The molecule has 0 radical (unpaired) electrons. The van der Waals surface area contributed by atoms with E-state index in [2.05, 4.69) is 0 Å². The average Bonchev–Trinajstić information content (AvgIpc) is 2.87. The summed E-state index contributed by atoms with van der Waals surface area (Å²) in [6.45, 7) is 0.766. The van der Waals surface area contributed by atoms with Crippen LogP contribution in [0.25, 0.3) is 10.8 Å². The molecule has 5 nitrogen and oxygen atoms in total. The van der Waals surface area contributed by atoms with E-state index in [0.717, 1.165) is 22.0 Å². The minimum Gasteiger partial charge on any atom is -0.311 e. The third-order valence-corrected chi connectivity index (χ3v) is 8.08. The molecular formula is C27H24N2O3S. The van der Waals surface area contributed by atoms with Crippen molar-refractivity contribution in [2.45, 2.75) is 17.9 Å². The fourth-order valence-corrected chi connectivity index (χ4v) is 5.78. The quantitative estimate of drug-likeness (QED) is 0.441. The van der Waals surface area contributed by atoms with Gasteiger partial charge in [0, 0.05) is 31.4 Å². The Kier molecular flexibility index (Phi) is 5.48. The molecule has 0 aliphatic carbocycles. The molecule has 33 heavy (non-hydrogen) atoms. The van der Waals surface area contributed by atoms with Crippen LogP contribution in [0.15, 0.2) is 95.9 Å². The van der Waals surface area contributed by atoms with Crippen LogP contribution in [0.2, 0.25) is 0 Å². The number of hydrogen-bond acceptors (Lipinski definition) is 3. The second kappa shape index (κ2) is 8.46. The van der Waals surface area contributed by atoms with Crippen LogP contribution in [0.4, 0.5) is 5.69 Å². The maximum atomic E-state index is 13.4. The van der Waals surface area contributed by atoms with E-state index in [-0.39, 0.29) is 10.8 Å². The first-order valence-electron chi connectivity index (χ1n) is 10.9. The molecule has 0 N–H and O–H groups in total. The first-order chi connectivity index (χ1) is 15.9. The van der Waals surface area contributed by atoms with E-state index in [1.807, 2.05) is 66.7 Å². The molecule has 1 aliphatic heterocycles. The second-order valence-corrected chi connectivity index (χ2v) is 10.2. The van der Waals surface area contributed by atoms with Gasteiger partial charge in [-0.3, -0.25) is 4.79 Å². The van der Waals surface area contributed by atoms with Crippen molar-refractivity contribution in [2.75, 3.05) is 18.5 Å². The van der Waals surface area contributed by atoms with Gasteiger partial charge in [-0.05, 0) is 58.7 Å². The molecule has 0 saturated carbocycles. The summed E-state index contributed by atoms with van der Waals surface area (Å²) in [6.07, 6.45) is 0.679. The van der Waals surface area contributed by atoms with Crippen molar-refractivity contribution in [3.8, 4) is 0 Å². The van der Waals surface area contributed by atoms with Gasteiger partial charge in [-0.1, -0.05) is 60.7 Å². The highest BCUT2D eigenvalue weighted by atomic mass is 32.2. The first-order valence-corrected chi connectivity index (χ1v) is 12.3. The minimum absolute atomic E-state index is 0.139. The van der Waals surface area contributed by atoms with Gasteiger partial charge >= 0.3 is 0 Å². The summed E-state index contributed by atoms with van der Waals surface area (Å²) in [6, 6.07) is 28.0.